The highest BCUT2D eigenvalue weighted by molar-refractivity contribution is 7.13. The monoisotopic (exact) mass is 902 g/mol. The van der Waals surface area contributed by atoms with Crippen molar-refractivity contribution >= 4 is 34.9 Å². The third kappa shape index (κ3) is 11.6. The number of hydrogen-bond donors (Lipinski definition) is 5. The predicted molar refractivity (Wildman–Crippen MR) is 248 cm³/mol. The van der Waals surface area contributed by atoms with Crippen molar-refractivity contribution in [1.29, 1.82) is 0 Å². The number of benzene rings is 2. The molecule has 4 aromatic heterocycles. The maximum Gasteiger partial charge on any atom is 0.243 e. The summed E-state index contributed by atoms with van der Waals surface area (Å²) in [5, 5.41) is 43.9. The number of nitrogens with two attached hydrogens (primary N) is 1. The molecule has 1 aliphatic rings. The molecule has 1 saturated heterocycles. The number of amides is 3. The van der Waals surface area contributed by atoms with Gasteiger partial charge in [0.1, 0.15) is 23.5 Å². The van der Waals surface area contributed by atoms with Crippen molar-refractivity contribution in [2.45, 2.75) is 110 Å². The van der Waals surface area contributed by atoms with Crippen molar-refractivity contribution < 1.29 is 29.1 Å². The molecule has 4 atom stereocenters. The smallest absolute Gasteiger partial charge is 0.243 e. The number of carbonyl (C=O) groups excluding carboxylic acids is 3. The van der Waals surface area contributed by atoms with Gasteiger partial charge < -0.3 is 36.0 Å². The number of aryl methyl sites for hydroxylation is 3. The molecule has 0 bridgehead atoms. The zero-order valence-corrected chi connectivity index (χ0v) is 38.1. The molecule has 342 valence electrons. The Labute approximate surface area is 382 Å². The Morgan fingerprint density at radius 2 is 1.71 bits per heavy atom. The first-order valence-corrected chi connectivity index (χ1v) is 23.2. The van der Waals surface area contributed by atoms with E-state index in [0.29, 0.717) is 34.8 Å². The topological polar surface area (TPSA) is 228 Å². The van der Waals surface area contributed by atoms with Gasteiger partial charge in [0.05, 0.1) is 52.2 Å². The lowest BCUT2D eigenvalue weighted by Gasteiger charge is -2.30. The van der Waals surface area contributed by atoms with Gasteiger partial charge in [-0.3, -0.25) is 19.1 Å². The van der Waals surface area contributed by atoms with Gasteiger partial charge in [0.25, 0.3) is 0 Å². The van der Waals surface area contributed by atoms with Gasteiger partial charge in [0.2, 0.25) is 17.7 Å². The van der Waals surface area contributed by atoms with E-state index < -0.39 is 30.0 Å². The van der Waals surface area contributed by atoms with E-state index in [1.165, 1.54) is 4.90 Å². The molecular weight excluding hydrogens is 845 g/mol. The Bertz CT molecular complexity index is 2550. The lowest BCUT2D eigenvalue weighted by molar-refractivity contribution is -0.141. The summed E-state index contributed by atoms with van der Waals surface area (Å²) in [4.78, 5) is 48.5. The summed E-state index contributed by atoms with van der Waals surface area (Å²) in [6, 6.07) is 16.6. The maximum absolute atomic E-state index is 14.1. The number of carbonyl (C=O) groups is 3. The molecule has 65 heavy (non-hydrogen) atoms. The molecule has 1 fully saturated rings. The number of hydrogen-bond acceptors (Lipinski definition) is 13. The molecule has 0 aliphatic carbocycles. The van der Waals surface area contributed by atoms with E-state index in [9.17, 15) is 24.6 Å². The van der Waals surface area contributed by atoms with Crippen LogP contribution in [-0.2, 0) is 20.9 Å². The number of nitrogens with zero attached hydrogens (tertiary/aromatic N) is 7. The maximum atomic E-state index is 14.1. The highest BCUT2D eigenvalue weighted by Crippen LogP contribution is 2.34. The van der Waals surface area contributed by atoms with Gasteiger partial charge in [-0.25, -0.2) is 4.98 Å². The van der Waals surface area contributed by atoms with Gasteiger partial charge in [0.15, 0.2) is 5.82 Å². The number of rotatable bonds is 20. The quantitative estimate of drug-likeness (QED) is 0.0483. The number of aromatic hydroxyl groups is 1. The predicted octanol–water partition coefficient (Wildman–Crippen LogP) is 7.13. The van der Waals surface area contributed by atoms with E-state index in [1.807, 2.05) is 68.0 Å². The fourth-order valence-corrected chi connectivity index (χ4v) is 9.20. The average molecular weight is 903 g/mol. The van der Waals surface area contributed by atoms with Crippen molar-refractivity contribution in [3.05, 3.63) is 101 Å². The van der Waals surface area contributed by atoms with Crippen LogP contribution in [0.25, 0.3) is 32.8 Å². The molecule has 0 unspecified atom stereocenters. The van der Waals surface area contributed by atoms with Gasteiger partial charge in [0, 0.05) is 55.0 Å². The first-order valence-electron chi connectivity index (χ1n) is 22.3. The van der Waals surface area contributed by atoms with E-state index in [4.69, 9.17) is 10.3 Å². The molecule has 2 aromatic carbocycles. The van der Waals surface area contributed by atoms with Gasteiger partial charge in [-0.1, -0.05) is 81.1 Å². The highest BCUT2D eigenvalue weighted by Gasteiger charge is 2.43. The molecule has 1 aliphatic heterocycles. The first-order chi connectivity index (χ1) is 31.4. The van der Waals surface area contributed by atoms with E-state index in [1.54, 1.807) is 54.2 Å². The van der Waals surface area contributed by atoms with Gasteiger partial charge in [-0.05, 0) is 61.9 Å². The molecule has 0 saturated carbocycles. The summed E-state index contributed by atoms with van der Waals surface area (Å²) in [6.07, 6.45) is 8.72. The van der Waals surface area contributed by atoms with Crippen molar-refractivity contribution in [2.24, 2.45) is 5.92 Å². The minimum atomic E-state index is -0.931. The average Bonchev–Trinajstić information content (AvgIpc) is 4.12. The molecule has 5 heterocycles. The van der Waals surface area contributed by atoms with Crippen LogP contribution in [-0.4, -0.2) is 88.2 Å². The van der Waals surface area contributed by atoms with Crippen molar-refractivity contribution in [2.75, 3.05) is 18.8 Å². The summed E-state index contributed by atoms with van der Waals surface area (Å²) < 4.78 is 7.39. The van der Waals surface area contributed by atoms with Crippen LogP contribution < -0.4 is 16.4 Å². The normalized spacial score (nSPS) is 15.9. The number of phenolic OH excluding ortho intramolecular Hbond substituents is 1. The number of nitrogens with one attached hydrogen (secondary N) is 2. The molecule has 0 radical (unpaired) electrons. The van der Waals surface area contributed by atoms with Gasteiger partial charge >= 0.3 is 0 Å². The number of nitrogen functional groups attached to an aromatic ring is 1. The molecule has 6 N–H and O–H groups in total. The van der Waals surface area contributed by atoms with Crippen LogP contribution in [0.1, 0.15) is 99.9 Å². The van der Waals surface area contributed by atoms with Crippen LogP contribution in [0.5, 0.6) is 5.75 Å². The summed E-state index contributed by atoms with van der Waals surface area (Å²) in [6.45, 7) is 8.83. The molecule has 16 nitrogen and oxygen atoms in total. The number of aliphatic hydroxyl groups is 1. The summed E-state index contributed by atoms with van der Waals surface area (Å²) in [5.74, 6) is -0.951. The molecular formula is C48H58N10O6S. The zero-order chi connectivity index (χ0) is 46.0. The number of unbranched alkanes of at least 4 members (excludes halogenated alkanes) is 5. The first kappa shape index (κ1) is 46.5. The van der Waals surface area contributed by atoms with Crippen LogP contribution in [0.3, 0.4) is 0 Å². The van der Waals surface area contributed by atoms with E-state index in [-0.39, 0.29) is 48.7 Å². The zero-order valence-electron chi connectivity index (χ0n) is 37.3. The van der Waals surface area contributed by atoms with Crippen molar-refractivity contribution in [3.8, 4) is 38.6 Å². The molecule has 17 heteroatoms. The minimum Gasteiger partial charge on any atom is -0.507 e. The van der Waals surface area contributed by atoms with Crippen LogP contribution >= 0.6 is 11.3 Å². The van der Waals surface area contributed by atoms with Crippen molar-refractivity contribution in [3.63, 3.8) is 0 Å². The Morgan fingerprint density at radius 3 is 2.42 bits per heavy atom. The van der Waals surface area contributed by atoms with Crippen LogP contribution in [0.15, 0.2) is 83.1 Å². The lowest BCUT2D eigenvalue weighted by Crippen LogP contribution is -2.49. The number of likely N-dealkylation sites (tertiary alicyclic amines) is 1. The number of anilines is 1. The van der Waals surface area contributed by atoms with E-state index >= 15 is 0 Å². The Hall–Kier alpha value is -6.46. The fourth-order valence-electron chi connectivity index (χ4n) is 8.39. The molecule has 3 amide bonds. The van der Waals surface area contributed by atoms with E-state index in [0.717, 1.165) is 72.3 Å². The summed E-state index contributed by atoms with van der Waals surface area (Å²) >= 11 is 1.55. The Kier molecular flexibility index (Phi) is 15.4. The van der Waals surface area contributed by atoms with Gasteiger partial charge in [-0.15, -0.1) is 21.5 Å². The number of phenols is 1. The van der Waals surface area contributed by atoms with Gasteiger partial charge in [-0.2, -0.15) is 5.10 Å². The molecule has 6 aromatic rings. The SMILES string of the molecule is Cc1cc([C@H](C(=O)N2C[C@H](O)C[C@H]2C(=O)N[C@@H](CC(=O)NCCCCCCCCn2cc(-c3cc(-c4ccccc4O)nnc3N)cn2)c2ccc(-c3scnc3C)cc2)C(C)C)on1. The Morgan fingerprint density at radius 1 is 0.954 bits per heavy atom. The molecule has 0 spiro atoms. The molecule has 7 rings (SSSR count). The number of para-hydroxylation sites is 1. The fraction of sp³-hybridized carbons (Fsp3) is 0.417. The highest BCUT2D eigenvalue weighted by atomic mass is 32.1. The number of aliphatic hydroxyl groups excluding tert-OH is 1. The Balaban J connectivity index is 0.891. The second-order valence-electron chi connectivity index (χ2n) is 17.2. The second kappa shape index (κ2) is 21.5. The number of aromatic nitrogens is 6. The second-order valence-corrected chi connectivity index (χ2v) is 18.0. The van der Waals surface area contributed by atoms with Crippen LogP contribution in [0.4, 0.5) is 5.82 Å². The standard InChI is InChI=1S/C48H58N10O6S/c1-29(2)44(42-21-30(3)56-64-42)48(63)58-27-35(59)22-40(58)47(62)53-38(32-15-17-33(18-16-32)45-31(4)51-28-65-45)24-43(61)50-19-11-7-5-6-8-12-20-57-26-34(25-52-57)37-23-39(54-55-46(37)49)36-13-9-10-14-41(36)60/h9-10,13-18,21,23,25-26,28-29,35,38,40,44,59-60H,5-8,11-12,19-20,22,24,27H2,1-4H3,(H2,49,55)(H,50,61)(H,53,62)/t35-,38+,40+,44-/m1/s1. The van der Waals surface area contributed by atoms with Crippen molar-refractivity contribution in [1.82, 2.24) is 45.7 Å². The van der Waals surface area contributed by atoms with Crippen LogP contribution in [0.2, 0.25) is 0 Å². The lowest BCUT2D eigenvalue weighted by atomic mass is 9.91. The minimum absolute atomic E-state index is 0.00294. The largest absolute Gasteiger partial charge is 0.507 e. The number of β-amino-alcohol motifs (C(OH)–C–C–N with tert-alkyl or cyclic N) is 1. The third-order valence-corrected chi connectivity index (χ3v) is 12.8. The third-order valence-electron chi connectivity index (χ3n) is 11.9. The van der Waals surface area contributed by atoms with Crippen LogP contribution in [0, 0.1) is 19.8 Å². The summed E-state index contributed by atoms with van der Waals surface area (Å²) in [5.41, 5.74) is 13.9. The number of thiazole rings is 1. The summed E-state index contributed by atoms with van der Waals surface area (Å²) in [7, 11) is 0. The van der Waals surface area contributed by atoms with E-state index in [2.05, 4.69) is 36.1 Å².